The molecule has 0 aromatic carbocycles. The molecule has 0 saturated heterocycles. The topological polar surface area (TPSA) is 30.0 Å². The number of hydrogen-bond acceptors (Lipinski definition) is 2. The van der Waals surface area contributed by atoms with Crippen LogP contribution in [-0.4, -0.2) is 10.8 Å². The average molecular weight is 205 g/mol. The molecule has 0 saturated carbocycles. The molecule has 1 rings (SSSR count). The summed E-state index contributed by atoms with van der Waals surface area (Å²) in [5.41, 5.74) is 2.03. The number of carbonyl (C=O) groups is 1. The molecule has 0 N–H and O–H groups in total. The van der Waals surface area contributed by atoms with Gasteiger partial charge < -0.3 is 0 Å². The van der Waals surface area contributed by atoms with Gasteiger partial charge in [-0.2, -0.15) is 0 Å². The summed E-state index contributed by atoms with van der Waals surface area (Å²) in [6, 6.07) is 3.90. The Morgan fingerprint density at radius 1 is 1.53 bits per heavy atom. The zero-order chi connectivity index (χ0) is 11.3. The lowest BCUT2D eigenvalue weighted by atomic mass is 9.98. The maximum atomic E-state index is 11.7. The van der Waals surface area contributed by atoms with Crippen molar-refractivity contribution in [3.8, 4) is 0 Å². The van der Waals surface area contributed by atoms with E-state index in [9.17, 15) is 4.79 Å². The highest BCUT2D eigenvalue weighted by Crippen LogP contribution is 2.11. The van der Waals surface area contributed by atoms with E-state index in [1.165, 1.54) is 0 Å². The molecule has 0 spiro atoms. The average Bonchev–Trinajstić information content (AvgIpc) is 2.21. The summed E-state index contributed by atoms with van der Waals surface area (Å²) < 4.78 is 0. The number of Topliss-reactive ketones (excluding diaryl/α,β-unsaturated/α-hetero) is 1. The fourth-order valence-corrected chi connectivity index (χ4v) is 1.50. The molecule has 0 fully saturated rings. The molecular formula is C13H19NO. The second-order valence-electron chi connectivity index (χ2n) is 4.20. The lowest BCUT2D eigenvalue weighted by Crippen LogP contribution is -2.09. The summed E-state index contributed by atoms with van der Waals surface area (Å²) in [5, 5.41) is 0. The highest BCUT2D eigenvalue weighted by Gasteiger charge is 2.10. The number of rotatable bonds is 5. The van der Waals surface area contributed by atoms with Crippen LogP contribution >= 0.6 is 0 Å². The SMILES string of the molecule is CCC(C)CC(=O)Cc1ncccc1C. The van der Waals surface area contributed by atoms with E-state index in [1.807, 2.05) is 19.1 Å². The smallest absolute Gasteiger partial charge is 0.139 e. The third-order valence-electron chi connectivity index (χ3n) is 2.76. The summed E-state index contributed by atoms with van der Waals surface area (Å²) >= 11 is 0. The first kappa shape index (κ1) is 11.9. The molecule has 15 heavy (non-hydrogen) atoms. The maximum Gasteiger partial charge on any atom is 0.139 e. The van der Waals surface area contributed by atoms with Crippen molar-refractivity contribution in [1.82, 2.24) is 4.98 Å². The van der Waals surface area contributed by atoms with E-state index in [2.05, 4.69) is 18.8 Å². The number of aromatic nitrogens is 1. The van der Waals surface area contributed by atoms with Gasteiger partial charge in [-0.05, 0) is 24.5 Å². The molecular weight excluding hydrogens is 186 g/mol. The zero-order valence-electron chi connectivity index (χ0n) is 9.79. The molecule has 1 atom stereocenters. The van der Waals surface area contributed by atoms with Crippen molar-refractivity contribution in [2.45, 2.75) is 40.0 Å². The van der Waals surface area contributed by atoms with Gasteiger partial charge in [0.15, 0.2) is 0 Å². The lowest BCUT2D eigenvalue weighted by molar-refractivity contribution is -0.119. The fraction of sp³-hybridized carbons (Fsp3) is 0.538. The van der Waals surface area contributed by atoms with Gasteiger partial charge in [0.25, 0.3) is 0 Å². The minimum absolute atomic E-state index is 0.297. The summed E-state index contributed by atoms with van der Waals surface area (Å²) in [4.78, 5) is 15.9. The number of carbonyl (C=O) groups excluding carboxylic acids is 1. The van der Waals surface area contributed by atoms with Crippen LogP contribution in [0, 0.1) is 12.8 Å². The van der Waals surface area contributed by atoms with Crippen LogP contribution in [0.5, 0.6) is 0 Å². The standard InChI is InChI=1S/C13H19NO/c1-4-10(2)8-12(15)9-13-11(3)6-5-7-14-13/h5-7,10H,4,8-9H2,1-3H3. The molecule has 2 heteroatoms. The first-order valence-corrected chi connectivity index (χ1v) is 5.55. The molecule has 0 bridgehead atoms. The molecule has 0 amide bonds. The van der Waals surface area contributed by atoms with E-state index in [0.29, 0.717) is 24.5 Å². The Hall–Kier alpha value is -1.18. The second kappa shape index (κ2) is 5.64. The number of aryl methyl sites for hydroxylation is 1. The quantitative estimate of drug-likeness (QED) is 0.739. The number of hydrogen-bond donors (Lipinski definition) is 0. The van der Waals surface area contributed by atoms with Gasteiger partial charge in [-0.25, -0.2) is 0 Å². The van der Waals surface area contributed by atoms with E-state index in [4.69, 9.17) is 0 Å². The van der Waals surface area contributed by atoms with Crippen molar-refractivity contribution in [3.63, 3.8) is 0 Å². The largest absolute Gasteiger partial charge is 0.299 e. The van der Waals surface area contributed by atoms with Gasteiger partial charge in [0.05, 0.1) is 5.69 Å². The molecule has 0 aliphatic rings. The monoisotopic (exact) mass is 205 g/mol. The summed E-state index contributed by atoms with van der Waals surface area (Å²) in [6.45, 7) is 6.23. The molecule has 0 aliphatic carbocycles. The molecule has 0 radical (unpaired) electrons. The Labute approximate surface area is 91.7 Å². The molecule has 82 valence electrons. The van der Waals surface area contributed by atoms with Crippen LogP contribution in [0.1, 0.15) is 37.9 Å². The van der Waals surface area contributed by atoms with Crippen LogP contribution in [0.25, 0.3) is 0 Å². The van der Waals surface area contributed by atoms with Crippen LogP contribution in [-0.2, 0) is 11.2 Å². The minimum Gasteiger partial charge on any atom is -0.299 e. The van der Waals surface area contributed by atoms with Crippen molar-refractivity contribution >= 4 is 5.78 Å². The maximum absolute atomic E-state index is 11.7. The Bertz CT molecular complexity index is 333. The van der Waals surface area contributed by atoms with Crippen molar-refractivity contribution in [2.75, 3.05) is 0 Å². The summed E-state index contributed by atoms with van der Waals surface area (Å²) in [7, 11) is 0. The van der Waals surface area contributed by atoms with Gasteiger partial charge in [0.1, 0.15) is 5.78 Å². The molecule has 1 aromatic heterocycles. The molecule has 1 unspecified atom stereocenters. The Morgan fingerprint density at radius 3 is 2.87 bits per heavy atom. The normalized spacial score (nSPS) is 12.5. The first-order valence-electron chi connectivity index (χ1n) is 5.55. The second-order valence-corrected chi connectivity index (χ2v) is 4.20. The highest BCUT2D eigenvalue weighted by molar-refractivity contribution is 5.80. The predicted octanol–water partition coefficient (Wildman–Crippen LogP) is 2.94. The molecule has 1 aromatic rings. The van der Waals surface area contributed by atoms with Crippen molar-refractivity contribution in [2.24, 2.45) is 5.92 Å². The van der Waals surface area contributed by atoms with E-state index in [-0.39, 0.29) is 0 Å². The van der Waals surface area contributed by atoms with Crippen LogP contribution in [0.3, 0.4) is 0 Å². The van der Waals surface area contributed by atoms with Gasteiger partial charge in [-0.3, -0.25) is 9.78 Å². The van der Waals surface area contributed by atoms with Gasteiger partial charge in [-0.15, -0.1) is 0 Å². The van der Waals surface area contributed by atoms with Crippen LogP contribution in [0.2, 0.25) is 0 Å². The van der Waals surface area contributed by atoms with Crippen molar-refractivity contribution < 1.29 is 4.79 Å². The third kappa shape index (κ3) is 3.82. The van der Waals surface area contributed by atoms with E-state index < -0.39 is 0 Å². The third-order valence-corrected chi connectivity index (χ3v) is 2.76. The zero-order valence-corrected chi connectivity index (χ0v) is 9.79. The predicted molar refractivity (Wildman–Crippen MR) is 61.8 cm³/mol. The first-order chi connectivity index (χ1) is 7.13. The number of pyridine rings is 1. The van der Waals surface area contributed by atoms with Crippen LogP contribution < -0.4 is 0 Å². The van der Waals surface area contributed by atoms with E-state index >= 15 is 0 Å². The van der Waals surface area contributed by atoms with Gasteiger partial charge in [-0.1, -0.05) is 26.3 Å². The Morgan fingerprint density at radius 2 is 2.27 bits per heavy atom. The van der Waals surface area contributed by atoms with Gasteiger partial charge in [0, 0.05) is 19.0 Å². The Kier molecular flexibility index (Phi) is 4.47. The van der Waals surface area contributed by atoms with Crippen LogP contribution in [0.15, 0.2) is 18.3 Å². The number of ketones is 1. The number of nitrogens with zero attached hydrogens (tertiary/aromatic N) is 1. The molecule has 0 aliphatic heterocycles. The van der Waals surface area contributed by atoms with E-state index in [1.54, 1.807) is 6.20 Å². The summed E-state index contributed by atoms with van der Waals surface area (Å²) in [6.07, 6.45) is 3.97. The van der Waals surface area contributed by atoms with Crippen molar-refractivity contribution in [3.05, 3.63) is 29.6 Å². The Balaban J connectivity index is 2.55. The van der Waals surface area contributed by atoms with Crippen molar-refractivity contribution in [1.29, 1.82) is 0 Å². The lowest BCUT2D eigenvalue weighted by Gasteiger charge is -2.07. The van der Waals surface area contributed by atoms with Gasteiger partial charge >= 0.3 is 0 Å². The van der Waals surface area contributed by atoms with Gasteiger partial charge in [0.2, 0.25) is 0 Å². The fourth-order valence-electron chi connectivity index (χ4n) is 1.50. The molecule has 2 nitrogen and oxygen atoms in total. The molecule has 1 heterocycles. The highest BCUT2D eigenvalue weighted by atomic mass is 16.1. The van der Waals surface area contributed by atoms with Crippen LogP contribution in [0.4, 0.5) is 0 Å². The summed E-state index contributed by atoms with van der Waals surface area (Å²) in [5.74, 6) is 0.785. The van der Waals surface area contributed by atoms with E-state index in [0.717, 1.165) is 17.7 Å². The minimum atomic E-state index is 0.297.